The van der Waals surface area contributed by atoms with Crippen molar-refractivity contribution in [1.82, 2.24) is 19.6 Å². The maximum atomic E-state index is 13.9. The smallest absolute Gasteiger partial charge is 0.293 e. The van der Waals surface area contributed by atoms with Gasteiger partial charge in [-0.15, -0.1) is 0 Å². The lowest BCUT2D eigenvalue weighted by atomic mass is 9.72. The first-order valence-electron chi connectivity index (χ1n) is 20.9. The molecule has 5 heterocycles. The van der Waals surface area contributed by atoms with E-state index in [-0.39, 0.29) is 28.5 Å². The van der Waals surface area contributed by atoms with E-state index in [1.807, 2.05) is 29.2 Å². The van der Waals surface area contributed by atoms with Crippen LogP contribution in [0.5, 0.6) is 11.5 Å². The summed E-state index contributed by atoms with van der Waals surface area (Å²) >= 11 is 6.24. The number of aromatic nitrogens is 2. The van der Waals surface area contributed by atoms with Crippen molar-refractivity contribution < 1.29 is 27.3 Å². The van der Waals surface area contributed by atoms with Gasteiger partial charge in [0.1, 0.15) is 29.1 Å². The average Bonchev–Trinajstić information content (AvgIpc) is 3.96. The number of nitrogens with one attached hydrogen (secondary N) is 3. The maximum Gasteiger partial charge on any atom is 0.293 e. The van der Waals surface area contributed by atoms with Gasteiger partial charge in [-0.3, -0.25) is 19.8 Å². The molecule has 0 atom stereocenters. The van der Waals surface area contributed by atoms with Gasteiger partial charge in [0.25, 0.3) is 21.6 Å². The molecule has 0 unspecified atom stereocenters. The first-order chi connectivity index (χ1) is 30.3. The van der Waals surface area contributed by atoms with Crippen molar-refractivity contribution in [2.45, 2.75) is 44.0 Å². The van der Waals surface area contributed by atoms with Crippen LogP contribution in [0.1, 0.15) is 49.0 Å². The van der Waals surface area contributed by atoms with Crippen LogP contribution in [0.3, 0.4) is 0 Å². The molecule has 63 heavy (non-hydrogen) atoms. The van der Waals surface area contributed by atoms with Gasteiger partial charge < -0.3 is 29.3 Å². The molecule has 2 saturated heterocycles. The van der Waals surface area contributed by atoms with Crippen LogP contribution in [-0.4, -0.2) is 86.0 Å². The monoisotopic (exact) mass is 890 g/mol. The van der Waals surface area contributed by atoms with E-state index in [1.54, 1.807) is 36.9 Å². The number of fused-ring (bicyclic) bond motifs is 1. The van der Waals surface area contributed by atoms with E-state index < -0.39 is 31.4 Å². The fraction of sp³-hybridized carbons (Fsp3) is 0.304. The van der Waals surface area contributed by atoms with E-state index in [4.69, 9.17) is 20.8 Å². The third kappa shape index (κ3) is 9.24. The first-order valence-corrected chi connectivity index (χ1v) is 22.7. The number of benzene rings is 3. The molecule has 15 nitrogen and oxygen atoms in total. The minimum Gasteiger partial charge on any atom is -0.470 e. The number of aromatic amines is 1. The molecule has 3 aliphatic rings. The SMILES string of the molecule is CC1(C)CCC(CN2CCN(c3ccc(C(=O)NS(=O)(=O)c4ccc(NC5CN(c6ccoc6)C5)c([N+](=O)[O-])c4)c(Oc4cnc5[nH]ccc5c4)c3)CC2)=C(c2ccc(Cl)cc2)C1. The number of nitrogens with zero attached hydrogens (tertiary/aromatic N) is 5. The Morgan fingerprint density at radius 3 is 2.54 bits per heavy atom. The lowest BCUT2D eigenvalue weighted by Gasteiger charge is -2.40. The summed E-state index contributed by atoms with van der Waals surface area (Å²) in [4.78, 5) is 39.2. The molecule has 0 bridgehead atoms. The van der Waals surface area contributed by atoms with Crippen molar-refractivity contribution in [3.05, 3.63) is 136 Å². The van der Waals surface area contributed by atoms with Crippen molar-refractivity contribution in [3.63, 3.8) is 0 Å². The van der Waals surface area contributed by atoms with Crippen molar-refractivity contribution in [3.8, 4) is 11.5 Å². The van der Waals surface area contributed by atoms with Crippen LogP contribution >= 0.6 is 11.6 Å². The number of hydrogen-bond acceptors (Lipinski definition) is 12. The van der Waals surface area contributed by atoms with E-state index in [0.717, 1.165) is 79.8 Å². The molecule has 3 aromatic heterocycles. The standard InChI is InChI=1S/C46H47ClN8O7S/c1-46(2)14-11-32(40(24-46)30-3-5-33(47)6-4-30)26-52-16-18-53(19-17-52)35-7-9-39(43(22-35)62-37-21-31-12-15-48-44(31)49-25-37)45(56)51-63(59,60)38-8-10-41(42(23-38)55(57)58)50-34-27-54(28-34)36-13-20-61-29-36/h3-10,12-13,15,20-23,25,29,34,50H,11,14,16-19,24,26-28H2,1-2H3,(H,48,49)(H,51,56). The highest BCUT2D eigenvalue weighted by Gasteiger charge is 2.32. The summed E-state index contributed by atoms with van der Waals surface area (Å²) in [6.45, 7) is 9.77. The minimum absolute atomic E-state index is 0.0445. The van der Waals surface area contributed by atoms with Crippen LogP contribution in [0, 0.1) is 15.5 Å². The third-order valence-electron chi connectivity index (χ3n) is 12.2. The molecule has 0 radical (unpaired) electrons. The van der Waals surface area contributed by atoms with E-state index in [2.05, 4.69) is 55.8 Å². The highest BCUT2D eigenvalue weighted by molar-refractivity contribution is 7.90. The molecule has 1 amide bonds. The number of allylic oxidation sites excluding steroid dienone is 1. The zero-order chi connectivity index (χ0) is 43.9. The quantitative estimate of drug-likeness (QED) is 0.0743. The molecule has 0 saturated carbocycles. The van der Waals surface area contributed by atoms with Crippen LogP contribution in [-0.2, 0) is 10.0 Å². The number of nitro benzene ring substituents is 1. The van der Waals surface area contributed by atoms with Crippen LogP contribution in [0.2, 0.25) is 5.02 Å². The number of anilines is 3. The molecule has 0 spiro atoms. The number of sulfonamides is 1. The molecule has 6 aromatic rings. The molecular weight excluding hydrogens is 844 g/mol. The number of amides is 1. The second kappa shape index (κ2) is 17.1. The zero-order valence-corrected chi connectivity index (χ0v) is 36.4. The lowest BCUT2D eigenvalue weighted by molar-refractivity contribution is -0.384. The van der Waals surface area contributed by atoms with Crippen LogP contribution in [0.25, 0.3) is 16.6 Å². The van der Waals surface area contributed by atoms with Crippen molar-refractivity contribution in [1.29, 1.82) is 0 Å². The molecular formula is C46H47ClN8O7S. The van der Waals surface area contributed by atoms with Crippen molar-refractivity contribution in [2.75, 3.05) is 60.9 Å². The average molecular weight is 891 g/mol. The Morgan fingerprint density at radius 1 is 1.00 bits per heavy atom. The summed E-state index contributed by atoms with van der Waals surface area (Å²) in [6.07, 6.45) is 9.66. The number of ether oxygens (including phenoxy) is 1. The Hall–Kier alpha value is -6.36. The van der Waals surface area contributed by atoms with Gasteiger partial charge in [0.2, 0.25) is 0 Å². The maximum absolute atomic E-state index is 13.9. The Labute approximate surface area is 369 Å². The molecule has 2 aliphatic heterocycles. The number of H-pyrrole nitrogens is 1. The molecule has 2 fully saturated rings. The highest BCUT2D eigenvalue weighted by Crippen LogP contribution is 2.43. The summed E-state index contributed by atoms with van der Waals surface area (Å²) in [5, 5.41) is 16.8. The number of rotatable bonds is 13. The largest absolute Gasteiger partial charge is 0.470 e. The van der Waals surface area contributed by atoms with Gasteiger partial charge in [-0.25, -0.2) is 18.1 Å². The van der Waals surface area contributed by atoms with Gasteiger partial charge >= 0.3 is 0 Å². The molecule has 3 N–H and O–H groups in total. The second-order valence-electron chi connectivity index (χ2n) is 17.2. The number of pyridine rings is 1. The van der Waals surface area contributed by atoms with Gasteiger partial charge in [-0.1, -0.05) is 43.2 Å². The van der Waals surface area contributed by atoms with Crippen LogP contribution in [0.4, 0.5) is 22.7 Å². The summed E-state index contributed by atoms with van der Waals surface area (Å²) in [6, 6.07) is 22.1. The zero-order valence-electron chi connectivity index (χ0n) is 34.8. The van der Waals surface area contributed by atoms with Crippen molar-refractivity contribution in [2.24, 2.45) is 5.41 Å². The van der Waals surface area contributed by atoms with Gasteiger partial charge in [-0.2, -0.15) is 0 Å². The highest BCUT2D eigenvalue weighted by atomic mass is 35.5. The lowest BCUT2D eigenvalue weighted by Crippen LogP contribution is -2.54. The normalized spacial score (nSPS) is 17.1. The predicted octanol–water partition coefficient (Wildman–Crippen LogP) is 8.72. The van der Waals surface area contributed by atoms with Gasteiger partial charge in [0, 0.05) is 80.2 Å². The van der Waals surface area contributed by atoms with Crippen LogP contribution in [0.15, 0.2) is 119 Å². The number of carbonyl (C=O) groups is 1. The number of hydrogen-bond donors (Lipinski definition) is 3. The Balaban J connectivity index is 0.921. The predicted molar refractivity (Wildman–Crippen MR) is 243 cm³/mol. The minimum atomic E-state index is -4.58. The van der Waals surface area contributed by atoms with Crippen molar-refractivity contribution >= 4 is 66.9 Å². The number of piperazine rings is 1. The van der Waals surface area contributed by atoms with Gasteiger partial charge in [-0.05, 0) is 90.4 Å². The summed E-state index contributed by atoms with van der Waals surface area (Å²) in [5.41, 5.74) is 6.37. The molecule has 1 aliphatic carbocycles. The summed E-state index contributed by atoms with van der Waals surface area (Å²) in [7, 11) is -4.58. The van der Waals surface area contributed by atoms with E-state index in [1.165, 1.54) is 41.1 Å². The molecule has 326 valence electrons. The molecule has 17 heteroatoms. The fourth-order valence-electron chi connectivity index (χ4n) is 8.61. The Kier molecular flexibility index (Phi) is 11.4. The number of furan rings is 1. The topological polar surface area (TPSA) is 179 Å². The van der Waals surface area contributed by atoms with Crippen LogP contribution < -0.4 is 24.6 Å². The fourth-order valence-corrected chi connectivity index (χ4v) is 9.72. The van der Waals surface area contributed by atoms with E-state index in [9.17, 15) is 23.3 Å². The van der Waals surface area contributed by atoms with E-state index >= 15 is 0 Å². The number of nitro groups is 1. The summed E-state index contributed by atoms with van der Waals surface area (Å²) < 4.78 is 41.0. The Morgan fingerprint density at radius 2 is 1.79 bits per heavy atom. The first kappa shape index (κ1) is 42.0. The van der Waals surface area contributed by atoms with Gasteiger partial charge in [0.15, 0.2) is 0 Å². The number of halogens is 1. The van der Waals surface area contributed by atoms with E-state index in [0.29, 0.717) is 24.5 Å². The third-order valence-corrected chi connectivity index (χ3v) is 13.7. The van der Waals surface area contributed by atoms with Gasteiger partial charge in [0.05, 0.1) is 39.6 Å². The Bertz CT molecular complexity index is 2810. The molecule has 3 aromatic carbocycles. The number of carbonyl (C=O) groups excluding carboxylic acids is 1. The molecule has 9 rings (SSSR count). The second-order valence-corrected chi connectivity index (χ2v) is 19.3. The summed E-state index contributed by atoms with van der Waals surface area (Å²) in [5.74, 6) is -0.493.